The molecule has 4 heteroatoms. The SMILES string of the molecule is Nc1cc2c(cc1N1CC3CCCC3C1)NC(=O)C2. The van der Waals surface area contributed by atoms with E-state index in [0.717, 1.165) is 47.6 Å². The smallest absolute Gasteiger partial charge is 0.228 e. The second-order valence-electron chi connectivity index (χ2n) is 6.15. The molecule has 1 aromatic carbocycles. The Morgan fingerprint density at radius 2 is 1.95 bits per heavy atom. The van der Waals surface area contributed by atoms with Crippen LogP contribution in [0.1, 0.15) is 24.8 Å². The normalized spacial score (nSPS) is 28.4. The van der Waals surface area contributed by atoms with Gasteiger partial charge in [0.2, 0.25) is 5.91 Å². The van der Waals surface area contributed by atoms with Crippen LogP contribution in [0.15, 0.2) is 12.1 Å². The third-order valence-electron chi connectivity index (χ3n) is 4.94. The molecule has 2 fully saturated rings. The van der Waals surface area contributed by atoms with E-state index in [-0.39, 0.29) is 5.91 Å². The maximum atomic E-state index is 11.4. The molecule has 1 saturated heterocycles. The van der Waals surface area contributed by atoms with Crippen molar-refractivity contribution in [2.75, 3.05) is 29.0 Å². The molecule has 0 bridgehead atoms. The highest BCUT2D eigenvalue weighted by Gasteiger charge is 2.37. The number of rotatable bonds is 1. The van der Waals surface area contributed by atoms with E-state index in [0.29, 0.717) is 6.42 Å². The lowest BCUT2D eigenvalue weighted by molar-refractivity contribution is -0.115. The van der Waals surface area contributed by atoms with E-state index in [2.05, 4.69) is 16.3 Å². The van der Waals surface area contributed by atoms with Crippen molar-refractivity contribution in [1.82, 2.24) is 0 Å². The van der Waals surface area contributed by atoms with Gasteiger partial charge < -0.3 is 16.0 Å². The van der Waals surface area contributed by atoms with Crippen LogP contribution in [-0.2, 0) is 11.2 Å². The Bertz CT molecular complexity index is 543. The summed E-state index contributed by atoms with van der Waals surface area (Å²) in [5, 5.41) is 2.92. The van der Waals surface area contributed by atoms with E-state index in [4.69, 9.17) is 5.73 Å². The fourth-order valence-electron chi connectivity index (χ4n) is 3.99. The molecule has 1 saturated carbocycles. The highest BCUT2D eigenvalue weighted by Crippen LogP contribution is 2.42. The van der Waals surface area contributed by atoms with Crippen molar-refractivity contribution in [3.05, 3.63) is 17.7 Å². The van der Waals surface area contributed by atoms with Crippen molar-refractivity contribution in [2.24, 2.45) is 11.8 Å². The molecule has 2 heterocycles. The zero-order chi connectivity index (χ0) is 13.0. The number of fused-ring (bicyclic) bond motifs is 2. The highest BCUT2D eigenvalue weighted by atomic mass is 16.1. The van der Waals surface area contributed by atoms with Crippen LogP contribution < -0.4 is 16.0 Å². The number of benzene rings is 1. The topological polar surface area (TPSA) is 58.4 Å². The average Bonchev–Trinajstić information content (AvgIpc) is 2.99. The fourth-order valence-corrected chi connectivity index (χ4v) is 3.99. The van der Waals surface area contributed by atoms with Crippen LogP contribution in [-0.4, -0.2) is 19.0 Å². The Labute approximate surface area is 113 Å². The monoisotopic (exact) mass is 257 g/mol. The van der Waals surface area contributed by atoms with E-state index in [1.807, 2.05) is 6.07 Å². The van der Waals surface area contributed by atoms with Crippen LogP contribution in [0.5, 0.6) is 0 Å². The summed E-state index contributed by atoms with van der Waals surface area (Å²) < 4.78 is 0. The number of hydrogen-bond donors (Lipinski definition) is 2. The van der Waals surface area contributed by atoms with Gasteiger partial charge in [0, 0.05) is 18.8 Å². The number of nitrogen functional groups attached to an aromatic ring is 1. The summed E-state index contributed by atoms with van der Waals surface area (Å²) in [4.78, 5) is 13.8. The lowest BCUT2D eigenvalue weighted by atomic mass is 10.0. The molecular formula is C15H19N3O. The summed E-state index contributed by atoms with van der Waals surface area (Å²) in [5.41, 5.74) is 10.1. The zero-order valence-corrected chi connectivity index (χ0v) is 11.0. The van der Waals surface area contributed by atoms with E-state index >= 15 is 0 Å². The summed E-state index contributed by atoms with van der Waals surface area (Å²) in [6.45, 7) is 2.25. The fraction of sp³-hybridized carbons (Fsp3) is 0.533. The highest BCUT2D eigenvalue weighted by molar-refractivity contribution is 6.00. The molecule has 4 rings (SSSR count). The van der Waals surface area contributed by atoms with Gasteiger partial charge in [-0.2, -0.15) is 0 Å². The molecular weight excluding hydrogens is 238 g/mol. The van der Waals surface area contributed by atoms with E-state index < -0.39 is 0 Å². The summed E-state index contributed by atoms with van der Waals surface area (Å²) in [7, 11) is 0. The molecule has 1 aliphatic carbocycles. The molecule has 3 aliphatic rings. The first-order chi connectivity index (χ1) is 9.20. The van der Waals surface area contributed by atoms with Crippen molar-refractivity contribution < 1.29 is 4.79 Å². The Morgan fingerprint density at radius 1 is 1.21 bits per heavy atom. The van der Waals surface area contributed by atoms with Crippen molar-refractivity contribution in [3.63, 3.8) is 0 Å². The van der Waals surface area contributed by atoms with Gasteiger partial charge in [0.15, 0.2) is 0 Å². The molecule has 100 valence electrons. The quantitative estimate of drug-likeness (QED) is 0.757. The van der Waals surface area contributed by atoms with Crippen molar-refractivity contribution in [3.8, 4) is 0 Å². The molecule has 4 nitrogen and oxygen atoms in total. The van der Waals surface area contributed by atoms with Crippen molar-refractivity contribution in [2.45, 2.75) is 25.7 Å². The van der Waals surface area contributed by atoms with Crippen molar-refractivity contribution >= 4 is 23.0 Å². The molecule has 3 N–H and O–H groups in total. The predicted molar refractivity (Wildman–Crippen MR) is 76.2 cm³/mol. The van der Waals surface area contributed by atoms with Gasteiger partial charge in [0.1, 0.15) is 0 Å². The standard InChI is InChI=1S/C15H19N3O/c16-12-4-11-5-15(19)17-13(11)6-14(12)18-7-9-2-1-3-10(9)8-18/h4,6,9-10H,1-3,5,7-8,16H2,(H,17,19). The first-order valence-corrected chi connectivity index (χ1v) is 7.18. The number of carbonyl (C=O) groups excluding carboxylic acids is 1. The van der Waals surface area contributed by atoms with Gasteiger partial charge in [-0.3, -0.25) is 4.79 Å². The average molecular weight is 257 g/mol. The molecule has 2 aliphatic heterocycles. The molecule has 0 radical (unpaired) electrons. The maximum Gasteiger partial charge on any atom is 0.228 e. The molecule has 1 amide bonds. The minimum atomic E-state index is 0.0739. The Hall–Kier alpha value is -1.71. The summed E-state index contributed by atoms with van der Waals surface area (Å²) in [6, 6.07) is 4.03. The number of nitrogens with two attached hydrogens (primary N) is 1. The third kappa shape index (κ3) is 1.70. The van der Waals surface area contributed by atoms with Gasteiger partial charge in [-0.25, -0.2) is 0 Å². The molecule has 0 spiro atoms. The second kappa shape index (κ2) is 3.89. The van der Waals surface area contributed by atoms with Gasteiger partial charge in [-0.1, -0.05) is 6.42 Å². The Morgan fingerprint density at radius 3 is 2.68 bits per heavy atom. The molecule has 0 aromatic heterocycles. The number of hydrogen-bond acceptors (Lipinski definition) is 3. The van der Waals surface area contributed by atoms with E-state index in [9.17, 15) is 4.79 Å². The zero-order valence-electron chi connectivity index (χ0n) is 11.0. The van der Waals surface area contributed by atoms with Crippen LogP contribution in [0, 0.1) is 11.8 Å². The summed E-state index contributed by atoms with van der Waals surface area (Å²) >= 11 is 0. The number of nitrogens with one attached hydrogen (secondary N) is 1. The van der Waals surface area contributed by atoms with Crippen molar-refractivity contribution in [1.29, 1.82) is 0 Å². The largest absolute Gasteiger partial charge is 0.397 e. The van der Waals surface area contributed by atoms with Crippen LogP contribution in [0.2, 0.25) is 0 Å². The number of carbonyl (C=O) groups is 1. The van der Waals surface area contributed by atoms with Gasteiger partial charge in [0.25, 0.3) is 0 Å². The summed E-state index contributed by atoms with van der Waals surface area (Å²) in [5.74, 6) is 1.77. The Kier molecular flexibility index (Phi) is 2.28. The Balaban J connectivity index is 1.65. The molecule has 19 heavy (non-hydrogen) atoms. The second-order valence-corrected chi connectivity index (χ2v) is 6.15. The molecule has 2 atom stereocenters. The van der Waals surface area contributed by atoms with E-state index in [1.54, 1.807) is 0 Å². The van der Waals surface area contributed by atoms with Crippen LogP contribution in [0.4, 0.5) is 17.1 Å². The first-order valence-electron chi connectivity index (χ1n) is 7.18. The van der Waals surface area contributed by atoms with Gasteiger partial charge in [0.05, 0.1) is 17.8 Å². The van der Waals surface area contributed by atoms with Crippen LogP contribution in [0.3, 0.4) is 0 Å². The minimum Gasteiger partial charge on any atom is -0.397 e. The number of anilines is 3. The van der Waals surface area contributed by atoms with Crippen LogP contribution in [0.25, 0.3) is 0 Å². The van der Waals surface area contributed by atoms with E-state index in [1.165, 1.54) is 19.3 Å². The predicted octanol–water partition coefficient (Wildman–Crippen LogP) is 2.00. The number of nitrogens with zero attached hydrogens (tertiary/aromatic N) is 1. The molecule has 1 aromatic rings. The lowest BCUT2D eigenvalue weighted by Crippen LogP contribution is -2.22. The minimum absolute atomic E-state index is 0.0739. The molecule has 2 unspecified atom stereocenters. The maximum absolute atomic E-state index is 11.4. The third-order valence-corrected chi connectivity index (χ3v) is 4.94. The first kappa shape index (κ1) is 11.1. The lowest BCUT2D eigenvalue weighted by Gasteiger charge is -2.22. The van der Waals surface area contributed by atoms with Gasteiger partial charge in [-0.05, 0) is 42.4 Å². The number of amides is 1. The summed E-state index contributed by atoms with van der Waals surface area (Å²) in [6.07, 6.45) is 4.58. The van der Waals surface area contributed by atoms with Gasteiger partial charge in [-0.15, -0.1) is 0 Å². The van der Waals surface area contributed by atoms with Crippen LogP contribution >= 0.6 is 0 Å². The van der Waals surface area contributed by atoms with Gasteiger partial charge >= 0.3 is 0 Å².